The highest BCUT2D eigenvalue weighted by Gasteiger charge is 2.45. The van der Waals surface area contributed by atoms with E-state index in [4.69, 9.17) is 17.3 Å². The monoisotopic (exact) mass is 631 g/mol. The van der Waals surface area contributed by atoms with Crippen LogP contribution in [0.5, 0.6) is 0 Å². The molecule has 4 nitrogen and oxygen atoms in total. The lowest BCUT2D eigenvalue weighted by molar-refractivity contribution is -0.118. The predicted octanol–water partition coefficient (Wildman–Crippen LogP) is 8.95. The van der Waals surface area contributed by atoms with Crippen LogP contribution in [0.4, 0.5) is 5.69 Å². The minimum atomic E-state index is -0.512. The first-order valence-electron chi connectivity index (χ1n) is 13.2. The van der Waals surface area contributed by atoms with Crippen LogP contribution in [-0.2, 0) is 10.5 Å². The average Bonchev–Trinajstić information content (AvgIpc) is 2.89. The van der Waals surface area contributed by atoms with Crippen molar-refractivity contribution in [3.63, 3.8) is 0 Å². The molecule has 1 unspecified atom stereocenters. The normalized spacial score (nSPS) is 18.6. The van der Waals surface area contributed by atoms with Crippen LogP contribution in [-0.4, -0.2) is 5.78 Å². The molecule has 204 valence electrons. The summed E-state index contributed by atoms with van der Waals surface area (Å²) >= 11 is 11.5. The first-order valence-corrected chi connectivity index (χ1v) is 15.4. The van der Waals surface area contributed by atoms with Gasteiger partial charge >= 0.3 is 0 Å². The Bertz CT molecular complexity index is 1620. The first-order chi connectivity index (χ1) is 19.0. The van der Waals surface area contributed by atoms with E-state index in [9.17, 15) is 10.1 Å². The third-order valence-electron chi connectivity index (χ3n) is 7.72. The van der Waals surface area contributed by atoms with Gasteiger partial charge in [-0.15, -0.1) is 11.8 Å². The largest absolute Gasteiger partial charge is 0.384 e. The summed E-state index contributed by atoms with van der Waals surface area (Å²) in [4.78, 5) is 17.0. The van der Waals surface area contributed by atoms with Crippen molar-refractivity contribution in [1.29, 1.82) is 5.26 Å². The van der Waals surface area contributed by atoms with E-state index < -0.39 is 5.92 Å². The Hall–Kier alpha value is -2.98. The van der Waals surface area contributed by atoms with Gasteiger partial charge < -0.3 is 5.73 Å². The van der Waals surface area contributed by atoms with Crippen LogP contribution in [0.25, 0.3) is 0 Å². The molecule has 0 spiro atoms. The Kier molecular flexibility index (Phi) is 7.94. The second-order valence-electron chi connectivity index (χ2n) is 11.3. The fraction of sp³-hybridized carbons (Fsp3) is 0.273. The zero-order chi connectivity index (χ0) is 28.8. The lowest BCUT2D eigenvalue weighted by Crippen LogP contribution is -2.42. The third-order valence-corrected chi connectivity index (χ3v) is 9.70. The van der Waals surface area contributed by atoms with Gasteiger partial charge in [0, 0.05) is 37.8 Å². The van der Waals surface area contributed by atoms with Crippen molar-refractivity contribution in [3.05, 3.63) is 115 Å². The zero-order valence-electron chi connectivity index (χ0n) is 23.0. The molecule has 0 saturated carbocycles. The predicted molar refractivity (Wildman–Crippen MR) is 168 cm³/mol. The van der Waals surface area contributed by atoms with E-state index in [2.05, 4.69) is 61.8 Å². The highest BCUT2D eigenvalue weighted by molar-refractivity contribution is 9.10. The van der Waals surface area contributed by atoms with Gasteiger partial charge in [0.15, 0.2) is 5.78 Å². The smallest absolute Gasteiger partial charge is 0.162 e. The molecule has 2 aliphatic rings. The molecule has 0 fully saturated rings. The number of nitriles is 1. The summed E-state index contributed by atoms with van der Waals surface area (Å²) in [7, 11) is 0. The number of carbonyl (C=O) groups excluding carboxylic acids is 1. The number of nitrogens with two attached hydrogens (primary N) is 1. The SMILES string of the molecule is Cc1cc(C)c(C2C(C#N)=C(N)N(c3ccccc3Br)C3=C2C(=O)CC(C)(C)C3)cc1CSc1ccc(Cl)cc1. The Balaban J connectivity index is 1.67. The van der Waals surface area contributed by atoms with Crippen LogP contribution in [0.3, 0.4) is 0 Å². The van der Waals surface area contributed by atoms with Gasteiger partial charge in [-0.1, -0.05) is 49.7 Å². The highest BCUT2D eigenvalue weighted by atomic mass is 79.9. The summed E-state index contributed by atoms with van der Waals surface area (Å²) in [5, 5.41) is 11.2. The van der Waals surface area contributed by atoms with E-state index in [1.807, 2.05) is 53.4 Å². The molecule has 0 radical (unpaired) electrons. The maximum atomic E-state index is 14.0. The standard InChI is InChI=1S/C33H31BrClN3OS/c1-19-13-20(2)24(14-21(19)18-40-23-11-9-22(35)10-12-23)30-25(17-36)32(37)38(27-8-6-5-7-26(27)34)28-15-33(3,4)16-29(39)31(28)30/h5-14,30H,15-16,18,37H2,1-4H3. The molecule has 1 aliphatic carbocycles. The molecule has 3 aromatic rings. The van der Waals surface area contributed by atoms with E-state index in [0.717, 1.165) is 43.2 Å². The number of rotatable bonds is 5. The van der Waals surface area contributed by atoms with Gasteiger partial charge in [0.2, 0.25) is 0 Å². The summed E-state index contributed by atoms with van der Waals surface area (Å²) in [6.07, 6.45) is 1.10. The number of aryl methyl sites for hydroxylation is 2. The van der Waals surface area contributed by atoms with Gasteiger partial charge in [-0.05, 0) is 100 Å². The summed E-state index contributed by atoms with van der Waals surface area (Å²) in [6.45, 7) is 8.40. The first kappa shape index (κ1) is 28.5. The topological polar surface area (TPSA) is 70.1 Å². The third kappa shape index (κ3) is 5.35. The maximum absolute atomic E-state index is 14.0. The van der Waals surface area contributed by atoms with Crippen LogP contribution in [0.1, 0.15) is 54.9 Å². The fourth-order valence-corrected chi connectivity index (χ4v) is 7.35. The number of thioether (sulfide) groups is 1. The van der Waals surface area contributed by atoms with Gasteiger partial charge in [0.05, 0.1) is 23.2 Å². The van der Waals surface area contributed by atoms with Crippen LogP contribution in [0.15, 0.2) is 92.7 Å². The molecular weight excluding hydrogens is 602 g/mol. The Morgan fingerprint density at radius 2 is 1.80 bits per heavy atom. The van der Waals surface area contributed by atoms with E-state index >= 15 is 0 Å². The van der Waals surface area contributed by atoms with Crippen LogP contribution >= 0.6 is 39.3 Å². The summed E-state index contributed by atoms with van der Waals surface area (Å²) in [5.41, 5.74) is 13.8. The van der Waals surface area contributed by atoms with Crippen molar-refractivity contribution >= 4 is 50.8 Å². The zero-order valence-corrected chi connectivity index (χ0v) is 26.2. The molecule has 0 amide bonds. The van der Waals surface area contributed by atoms with Crippen molar-refractivity contribution in [2.75, 3.05) is 4.90 Å². The van der Waals surface area contributed by atoms with Crippen molar-refractivity contribution in [3.8, 4) is 6.07 Å². The van der Waals surface area contributed by atoms with Crippen LogP contribution in [0.2, 0.25) is 5.02 Å². The van der Waals surface area contributed by atoms with Crippen LogP contribution < -0.4 is 10.6 Å². The number of benzene rings is 3. The summed E-state index contributed by atoms with van der Waals surface area (Å²) in [6, 6.07) is 22.4. The molecule has 5 rings (SSSR count). The number of hydrogen-bond donors (Lipinski definition) is 1. The van der Waals surface area contributed by atoms with Crippen molar-refractivity contribution in [1.82, 2.24) is 0 Å². The number of anilines is 1. The Labute approximate surface area is 254 Å². The molecule has 2 N–H and O–H groups in total. The van der Waals surface area contributed by atoms with Gasteiger partial charge in [0.1, 0.15) is 5.82 Å². The minimum Gasteiger partial charge on any atom is -0.384 e. The van der Waals surface area contributed by atoms with E-state index in [1.165, 1.54) is 5.56 Å². The molecule has 0 aromatic heterocycles. The number of nitrogens with zero attached hydrogens (tertiary/aromatic N) is 2. The lowest BCUT2D eigenvalue weighted by Gasteiger charge is -2.44. The van der Waals surface area contributed by atoms with Crippen molar-refractivity contribution in [2.45, 2.75) is 57.1 Å². The number of allylic oxidation sites excluding steroid dienone is 3. The van der Waals surface area contributed by atoms with E-state index in [1.54, 1.807) is 11.8 Å². The van der Waals surface area contributed by atoms with Crippen LogP contribution in [0, 0.1) is 30.6 Å². The summed E-state index contributed by atoms with van der Waals surface area (Å²) < 4.78 is 0.851. The molecule has 1 atom stereocenters. The van der Waals surface area contributed by atoms with E-state index in [0.29, 0.717) is 34.8 Å². The molecule has 7 heteroatoms. The molecule has 0 saturated heterocycles. The Morgan fingerprint density at radius 1 is 1.10 bits per heavy atom. The number of hydrogen-bond acceptors (Lipinski definition) is 5. The molecule has 1 aliphatic heterocycles. The average molecular weight is 633 g/mol. The summed E-state index contributed by atoms with van der Waals surface area (Å²) in [5.74, 6) is 0.693. The minimum absolute atomic E-state index is 0.0746. The Morgan fingerprint density at radius 3 is 2.48 bits per heavy atom. The molecular formula is C33H31BrClN3OS. The second-order valence-corrected chi connectivity index (χ2v) is 13.6. The number of para-hydroxylation sites is 1. The quantitative estimate of drug-likeness (QED) is 0.284. The number of carbonyl (C=O) groups is 1. The van der Waals surface area contributed by atoms with Crippen molar-refractivity contribution in [2.24, 2.45) is 11.1 Å². The molecule has 0 bridgehead atoms. The van der Waals surface area contributed by atoms with E-state index in [-0.39, 0.29) is 11.2 Å². The highest BCUT2D eigenvalue weighted by Crippen LogP contribution is 2.51. The lowest BCUT2D eigenvalue weighted by atomic mass is 9.68. The van der Waals surface area contributed by atoms with Gasteiger partial charge in [-0.2, -0.15) is 5.26 Å². The number of ketones is 1. The van der Waals surface area contributed by atoms with Gasteiger partial charge in [-0.25, -0.2) is 0 Å². The number of Topliss-reactive ketones (excluding diaryl/α,β-unsaturated/α-hetero) is 1. The fourth-order valence-electron chi connectivity index (χ4n) is 5.80. The molecule has 1 heterocycles. The van der Waals surface area contributed by atoms with Gasteiger partial charge in [0.25, 0.3) is 0 Å². The second kappa shape index (κ2) is 11.1. The molecule has 3 aromatic carbocycles. The molecule has 40 heavy (non-hydrogen) atoms. The maximum Gasteiger partial charge on any atom is 0.162 e. The van der Waals surface area contributed by atoms with Gasteiger partial charge in [-0.3, -0.25) is 9.69 Å². The van der Waals surface area contributed by atoms with Crippen molar-refractivity contribution < 1.29 is 4.79 Å². The number of halogens is 2.